The first-order valence-corrected chi connectivity index (χ1v) is 8.01. The van der Waals surface area contributed by atoms with Crippen molar-refractivity contribution in [1.29, 1.82) is 0 Å². The molecule has 112 valence electrons. The Hall–Kier alpha value is -1.09. The molecule has 0 spiro atoms. The minimum Gasteiger partial charge on any atom is -0.313 e. The van der Waals surface area contributed by atoms with Crippen molar-refractivity contribution in [3.05, 3.63) is 63.9 Å². The van der Waals surface area contributed by atoms with E-state index < -0.39 is 0 Å². The molecule has 0 fully saturated rings. The average molecular weight is 323 g/mol. The zero-order valence-corrected chi connectivity index (χ0v) is 13.7. The lowest BCUT2D eigenvalue weighted by Gasteiger charge is -2.19. The van der Waals surface area contributed by atoms with E-state index in [1.165, 1.54) is 5.56 Å². The van der Waals surface area contributed by atoms with Crippen molar-refractivity contribution in [2.45, 2.75) is 32.2 Å². The zero-order chi connectivity index (χ0) is 15.1. The van der Waals surface area contributed by atoms with E-state index in [1.807, 2.05) is 30.6 Å². The van der Waals surface area contributed by atoms with Gasteiger partial charge >= 0.3 is 0 Å². The highest BCUT2D eigenvalue weighted by atomic mass is 35.5. The van der Waals surface area contributed by atoms with Gasteiger partial charge in [-0.1, -0.05) is 30.1 Å². The number of hydrogen-bond acceptors (Lipinski definition) is 2. The summed E-state index contributed by atoms with van der Waals surface area (Å²) in [4.78, 5) is 4.07. The average Bonchev–Trinajstić information content (AvgIpc) is 2.49. The van der Waals surface area contributed by atoms with Crippen LogP contribution >= 0.6 is 23.2 Å². The third kappa shape index (κ3) is 5.31. The summed E-state index contributed by atoms with van der Waals surface area (Å²) in [6.07, 6.45) is 6.58. The van der Waals surface area contributed by atoms with Crippen molar-refractivity contribution in [3.8, 4) is 0 Å². The fraction of sp³-hybridized carbons (Fsp3) is 0.353. The lowest BCUT2D eigenvalue weighted by molar-refractivity contribution is 0.504. The molecule has 0 amide bonds. The van der Waals surface area contributed by atoms with Crippen molar-refractivity contribution in [1.82, 2.24) is 10.3 Å². The second-order valence-electron chi connectivity index (χ2n) is 5.15. The van der Waals surface area contributed by atoms with Crippen LogP contribution in [-0.4, -0.2) is 17.6 Å². The SMILES string of the molecule is CCCNC(Cc1ccncc1)Cc1cc(Cl)ccc1Cl. The highest BCUT2D eigenvalue weighted by molar-refractivity contribution is 6.33. The van der Waals surface area contributed by atoms with E-state index in [2.05, 4.69) is 29.4 Å². The van der Waals surface area contributed by atoms with Gasteiger partial charge in [0.05, 0.1) is 0 Å². The first kappa shape index (κ1) is 16.3. The molecule has 0 radical (unpaired) electrons. The molecule has 0 bridgehead atoms. The Balaban J connectivity index is 2.10. The topological polar surface area (TPSA) is 24.9 Å². The first-order chi connectivity index (χ1) is 10.2. The molecule has 1 atom stereocenters. The van der Waals surface area contributed by atoms with Gasteiger partial charge in [-0.3, -0.25) is 4.98 Å². The highest BCUT2D eigenvalue weighted by Gasteiger charge is 2.12. The molecule has 1 heterocycles. The Labute approximate surface area is 136 Å². The molecule has 0 aliphatic heterocycles. The number of benzene rings is 1. The van der Waals surface area contributed by atoms with Crippen LogP contribution in [0.2, 0.25) is 10.0 Å². The molecular formula is C17H20Cl2N2. The van der Waals surface area contributed by atoms with E-state index in [9.17, 15) is 0 Å². The largest absolute Gasteiger partial charge is 0.313 e. The minimum atomic E-state index is 0.336. The lowest BCUT2D eigenvalue weighted by atomic mass is 9.99. The van der Waals surface area contributed by atoms with E-state index in [0.29, 0.717) is 6.04 Å². The van der Waals surface area contributed by atoms with Gasteiger partial charge in [0.2, 0.25) is 0 Å². The number of pyridine rings is 1. The van der Waals surface area contributed by atoms with E-state index in [4.69, 9.17) is 23.2 Å². The van der Waals surface area contributed by atoms with Gasteiger partial charge in [0.25, 0.3) is 0 Å². The summed E-state index contributed by atoms with van der Waals surface area (Å²) in [5.74, 6) is 0. The monoisotopic (exact) mass is 322 g/mol. The van der Waals surface area contributed by atoms with Gasteiger partial charge in [0.1, 0.15) is 0 Å². The van der Waals surface area contributed by atoms with Crippen molar-refractivity contribution in [2.24, 2.45) is 0 Å². The normalized spacial score (nSPS) is 12.3. The highest BCUT2D eigenvalue weighted by Crippen LogP contribution is 2.22. The fourth-order valence-corrected chi connectivity index (χ4v) is 2.72. The van der Waals surface area contributed by atoms with Crippen LogP contribution < -0.4 is 5.32 Å². The number of rotatable bonds is 7. The van der Waals surface area contributed by atoms with Crippen LogP contribution in [0.15, 0.2) is 42.7 Å². The molecule has 0 saturated carbocycles. The Morgan fingerprint density at radius 2 is 1.86 bits per heavy atom. The number of nitrogens with zero attached hydrogens (tertiary/aromatic N) is 1. The Bertz CT molecular complexity index is 558. The van der Waals surface area contributed by atoms with Crippen molar-refractivity contribution in [2.75, 3.05) is 6.54 Å². The molecule has 0 saturated heterocycles. The smallest absolute Gasteiger partial charge is 0.0439 e. The maximum atomic E-state index is 6.28. The summed E-state index contributed by atoms with van der Waals surface area (Å²) >= 11 is 12.4. The second-order valence-corrected chi connectivity index (χ2v) is 5.99. The van der Waals surface area contributed by atoms with Crippen LogP contribution in [0.5, 0.6) is 0 Å². The third-order valence-corrected chi connectivity index (χ3v) is 3.99. The molecule has 4 heteroatoms. The Kier molecular flexibility index (Phi) is 6.50. The van der Waals surface area contributed by atoms with E-state index >= 15 is 0 Å². The molecule has 21 heavy (non-hydrogen) atoms. The predicted octanol–water partition coefficient (Wildman–Crippen LogP) is 4.54. The standard InChI is InChI=1S/C17H20Cl2N2/c1-2-7-21-16(10-13-5-8-20-9-6-13)12-14-11-15(18)3-4-17(14)19/h3-6,8-9,11,16,21H,2,7,10,12H2,1H3. The third-order valence-electron chi connectivity index (χ3n) is 3.39. The molecule has 1 unspecified atom stereocenters. The van der Waals surface area contributed by atoms with Crippen LogP contribution in [-0.2, 0) is 12.8 Å². The van der Waals surface area contributed by atoms with Gasteiger partial charge in [-0.2, -0.15) is 0 Å². The summed E-state index contributed by atoms with van der Waals surface area (Å²) in [6, 6.07) is 10.1. The predicted molar refractivity (Wildman–Crippen MR) is 90.2 cm³/mol. The zero-order valence-electron chi connectivity index (χ0n) is 12.2. The fourth-order valence-electron chi connectivity index (χ4n) is 2.33. The second kappa shape index (κ2) is 8.38. The maximum absolute atomic E-state index is 6.28. The van der Waals surface area contributed by atoms with Gasteiger partial charge in [-0.15, -0.1) is 0 Å². The Morgan fingerprint density at radius 1 is 1.10 bits per heavy atom. The van der Waals surface area contributed by atoms with Gasteiger partial charge in [-0.25, -0.2) is 0 Å². The van der Waals surface area contributed by atoms with E-state index in [1.54, 1.807) is 0 Å². The summed E-state index contributed by atoms with van der Waals surface area (Å²) in [7, 11) is 0. The molecule has 2 rings (SSSR count). The van der Waals surface area contributed by atoms with Crippen LogP contribution in [0.25, 0.3) is 0 Å². The molecule has 2 nitrogen and oxygen atoms in total. The van der Waals surface area contributed by atoms with Crippen LogP contribution in [0.3, 0.4) is 0 Å². The van der Waals surface area contributed by atoms with E-state index in [0.717, 1.165) is 41.4 Å². The number of nitrogens with one attached hydrogen (secondary N) is 1. The summed E-state index contributed by atoms with van der Waals surface area (Å²) < 4.78 is 0. The van der Waals surface area contributed by atoms with Gasteiger partial charge in [-0.05, 0) is 67.3 Å². The first-order valence-electron chi connectivity index (χ1n) is 7.25. The quantitative estimate of drug-likeness (QED) is 0.809. The molecular weight excluding hydrogens is 303 g/mol. The summed E-state index contributed by atoms with van der Waals surface area (Å²) in [5, 5.41) is 5.10. The molecule has 1 aromatic heterocycles. The van der Waals surface area contributed by atoms with Gasteiger partial charge in [0, 0.05) is 28.5 Å². The molecule has 2 aromatic rings. The van der Waals surface area contributed by atoms with Crippen LogP contribution in [0.4, 0.5) is 0 Å². The molecule has 0 aliphatic carbocycles. The summed E-state index contributed by atoms with van der Waals surface area (Å²) in [5.41, 5.74) is 2.36. The molecule has 1 N–H and O–H groups in total. The maximum Gasteiger partial charge on any atom is 0.0439 e. The van der Waals surface area contributed by atoms with Gasteiger partial charge < -0.3 is 5.32 Å². The van der Waals surface area contributed by atoms with Crippen molar-refractivity contribution >= 4 is 23.2 Å². The lowest BCUT2D eigenvalue weighted by Crippen LogP contribution is -2.33. The Morgan fingerprint density at radius 3 is 2.57 bits per heavy atom. The van der Waals surface area contributed by atoms with Gasteiger partial charge in [0.15, 0.2) is 0 Å². The molecule has 1 aromatic carbocycles. The number of halogens is 2. The minimum absolute atomic E-state index is 0.336. The van der Waals surface area contributed by atoms with Crippen LogP contribution in [0, 0.1) is 0 Å². The van der Waals surface area contributed by atoms with Crippen molar-refractivity contribution in [3.63, 3.8) is 0 Å². The number of hydrogen-bond donors (Lipinski definition) is 1. The molecule has 0 aliphatic rings. The number of aromatic nitrogens is 1. The van der Waals surface area contributed by atoms with Crippen LogP contribution in [0.1, 0.15) is 24.5 Å². The van der Waals surface area contributed by atoms with E-state index in [-0.39, 0.29) is 0 Å². The summed E-state index contributed by atoms with van der Waals surface area (Å²) in [6.45, 7) is 3.16. The van der Waals surface area contributed by atoms with Crippen molar-refractivity contribution < 1.29 is 0 Å².